The fourth-order valence-electron chi connectivity index (χ4n) is 14.2. The molecule has 55 heavy (non-hydrogen) atoms. The van der Waals surface area contributed by atoms with E-state index in [0.717, 1.165) is 109 Å². The molecule has 0 aromatic carbocycles. The van der Waals surface area contributed by atoms with E-state index < -0.39 is 23.3 Å². The third-order valence-corrected chi connectivity index (χ3v) is 17.5. The number of carboxylic acid groups (broad SMARTS) is 2. The van der Waals surface area contributed by atoms with Crippen LogP contribution in [0.4, 0.5) is 0 Å². The van der Waals surface area contributed by atoms with Crippen LogP contribution < -0.4 is 5.32 Å². The van der Waals surface area contributed by atoms with Crippen LogP contribution in [-0.2, 0) is 23.9 Å². The number of carboxylic acids is 2. The van der Waals surface area contributed by atoms with E-state index in [1.54, 1.807) is 13.8 Å². The topological polar surface area (TPSA) is 130 Å². The van der Waals surface area contributed by atoms with Crippen LogP contribution >= 0.6 is 0 Å². The Bertz CT molecular complexity index is 1450. The number of hydrogen-bond acceptors (Lipinski definition) is 5. The van der Waals surface area contributed by atoms with Gasteiger partial charge >= 0.3 is 17.9 Å². The number of carbonyl (C=O) groups is 4. The summed E-state index contributed by atoms with van der Waals surface area (Å²) in [5.74, 6) is 0.363. The number of allylic oxidation sites excluding steroid dienone is 1. The minimum atomic E-state index is -1.15. The standard InChI is InChI=1S/C47H77NO7/c1-31(2)32-21-26-47(40(52)48-29-17-15-13-11-10-12-14-16-18-37(49)50)28-27-45(8)33(39(32)47)19-20-35-44(7)24-23-36(55-38(51)30-42(3,4)41(53)54)43(5,6)34(44)22-25-46(35,45)9/h32-36,39H,1,10-30H2,2-9H3,(H,48,52)(H,49,50)(H,53,54)/t32-,33+,34-,35+,36-,39+,44-,45+,46+,47-/m0/s1. The first-order valence-corrected chi connectivity index (χ1v) is 22.3. The van der Waals surface area contributed by atoms with E-state index in [2.05, 4.69) is 53.4 Å². The number of fused-ring (bicyclic) bond motifs is 7. The van der Waals surface area contributed by atoms with Crippen LogP contribution in [0, 0.1) is 62.1 Å². The molecule has 5 fully saturated rings. The van der Waals surface area contributed by atoms with E-state index in [-0.39, 0.29) is 46.0 Å². The van der Waals surface area contributed by atoms with Gasteiger partial charge in [-0.05, 0) is 144 Å². The zero-order valence-corrected chi connectivity index (χ0v) is 36.0. The lowest BCUT2D eigenvalue weighted by atomic mass is 9.32. The second-order valence-electron chi connectivity index (χ2n) is 21.3. The summed E-state index contributed by atoms with van der Waals surface area (Å²) in [5.41, 5.74) is -0.0468. The number of esters is 1. The average Bonchev–Trinajstić information content (AvgIpc) is 3.50. The van der Waals surface area contributed by atoms with Gasteiger partial charge in [0.15, 0.2) is 0 Å². The number of nitrogens with one attached hydrogen (secondary N) is 1. The molecule has 0 heterocycles. The van der Waals surface area contributed by atoms with Gasteiger partial charge in [-0.25, -0.2) is 0 Å². The summed E-state index contributed by atoms with van der Waals surface area (Å²) in [6.07, 6.45) is 18.9. The second kappa shape index (κ2) is 16.5. The molecule has 0 bridgehead atoms. The minimum Gasteiger partial charge on any atom is -0.481 e. The molecule has 5 saturated carbocycles. The summed E-state index contributed by atoms with van der Waals surface area (Å²) < 4.78 is 6.18. The molecule has 0 aliphatic heterocycles. The van der Waals surface area contributed by atoms with Gasteiger partial charge in [0.25, 0.3) is 0 Å². The summed E-state index contributed by atoms with van der Waals surface area (Å²) >= 11 is 0. The zero-order valence-electron chi connectivity index (χ0n) is 36.0. The molecule has 8 heteroatoms. The predicted molar refractivity (Wildman–Crippen MR) is 217 cm³/mol. The van der Waals surface area contributed by atoms with Crippen molar-refractivity contribution in [2.75, 3.05) is 6.54 Å². The summed E-state index contributed by atoms with van der Waals surface area (Å²) in [5, 5.41) is 21.9. The lowest BCUT2D eigenvalue weighted by Gasteiger charge is -2.72. The van der Waals surface area contributed by atoms with Gasteiger partial charge in [0.05, 0.1) is 17.3 Å². The number of amides is 1. The smallest absolute Gasteiger partial charge is 0.309 e. The van der Waals surface area contributed by atoms with Gasteiger partial charge in [0, 0.05) is 18.4 Å². The largest absolute Gasteiger partial charge is 0.481 e. The highest BCUT2D eigenvalue weighted by Crippen LogP contribution is 2.77. The summed E-state index contributed by atoms with van der Waals surface area (Å²) in [6.45, 7) is 23.0. The van der Waals surface area contributed by atoms with Crippen molar-refractivity contribution in [1.29, 1.82) is 0 Å². The van der Waals surface area contributed by atoms with Crippen molar-refractivity contribution in [2.45, 2.75) is 190 Å². The summed E-state index contributed by atoms with van der Waals surface area (Å²) in [4.78, 5) is 50.0. The van der Waals surface area contributed by atoms with Gasteiger partial charge in [-0.3, -0.25) is 19.2 Å². The van der Waals surface area contributed by atoms with E-state index >= 15 is 0 Å². The van der Waals surface area contributed by atoms with Gasteiger partial charge < -0.3 is 20.3 Å². The van der Waals surface area contributed by atoms with Crippen molar-refractivity contribution in [3.05, 3.63) is 12.2 Å². The fraction of sp³-hybridized carbons (Fsp3) is 0.872. The van der Waals surface area contributed by atoms with Gasteiger partial charge in [-0.1, -0.05) is 85.3 Å². The molecule has 10 atom stereocenters. The molecule has 0 spiro atoms. The predicted octanol–water partition coefficient (Wildman–Crippen LogP) is 10.8. The number of carbonyl (C=O) groups excluding carboxylic acids is 2. The highest BCUT2D eigenvalue weighted by atomic mass is 16.5. The maximum absolute atomic E-state index is 14.5. The summed E-state index contributed by atoms with van der Waals surface area (Å²) in [6, 6.07) is 0. The molecule has 5 aliphatic rings. The zero-order chi connectivity index (χ0) is 40.6. The van der Waals surface area contributed by atoms with Gasteiger partial charge in [0.2, 0.25) is 5.91 Å². The molecule has 5 rings (SSSR count). The van der Waals surface area contributed by atoms with Crippen LogP contribution in [0.15, 0.2) is 12.2 Å². The molecule has 0 aromatic heterocycles. The van der Waals surface area contributed by atoms with Crippen LogP contribution in [0.3, 0.4) is 0 Å². The molecule has 0 aromatic rings. The maximum atomic E-state index is 14.5. The Hall–Kier alpha value is -2.38. The Morgan fingerprint density at radius 1 is 0.745 bits per heavy atom. The van der Waals surface area contributed by atoms with Crippen LogP contribution in [0.25, 0.3) is 0 Å². The van der Waals surface area contributed by atoms with E-state index in [9.17, 15) is 24.3 Å². The molecule has 0 saturated heterocycles. The highest BCUT2D eigenvalue weighted by Gasteiger charge is 2.72. The Morgan fingerprint density at radius 3 is 2.00 bits per heavy atom. The molecule has 5 aliphatic carbocycles. The fourth-order valence-corrected chi connectivity index (χ4v) is 14.2. The first kappa shape index (κ1) is 43.7. The van der Waals surface area contributed by atoms with E-state index in [1.807, 2.05) is 0 Å². The summed E-state index contributed by atoms with van der Waals surface area (Å²) in [7, 11) is 0. The van der Waals surface area contributed by atoms with Crippen LogP contribution in [-0.4, -0.2) is 46.7 Å². The normalized spacial score (nSPS) is 37.7. The Kier molecular flexibility index (Phi) is 13.1. The van der Waals surface area contributed by atoms with E-state index in [4.69, 9.17) is 9.84 Å². The highest BCUT2D eigenvalue weighted by molar-refractivity contribution is 5.84. The number of ether oxygens (including phenoxy) is 1. The minimum absolute atomic E-state index is 0.114. The molecule has 1 amide bonds. The molecular weight excluding hydrogens is 691 g/mol. The SMILES string of the molecule is C=C(C)[C@@H]1CC[C@]2(C(=O)NCCCCCCCCCCC(=O)O)CC[C@]3(C)[C@H](CC[C@@H]4[C@@]5(C)CC[C@H](OC(=O)CC(C)(C)C(=O)O)C(C)(C)[C@@H]5CC[C@]43C)[C@@H]12. The van der Waals surface area contributed by atoms with Gasteiger partial charge in [-0.2, -0.15) is 0 Å². The second-order valence-corrected chi connectivity index (χ2v) is 21.3. The van der Waals surface area contributed by atoms with Crippen molar-refractivity contribution in [3.63, 3.8) is 0 Å². The molecule has 0 unspecified atom stereocenters. The van der Waals surface area contributed by atoms with Gasteiger partial charge in [0.1, 0.15) is 6.10 Å². The van der Waals surface area contributed by atoms with Crippen molar-refractivity contribution >= 4 is 23.8 Å². The van der Waals surface area contributed by atoms with Crippen molar-refractivity contribution in [3.8, 4) is 0 Å². The quantitative estimate of drug-likeness (QED) is 0.0763. The Labute approximate surface area is 333 Å². The molecule has 312 valence electrons. The van der Waals surface area contributed by atoms with Gasteiger partial charge in [-0.15, -0.1) is 0 Å². The Balaban J connectivity index is 1.25. The lowest BCUT2D eigenvalue weighted by molar-refractivity contribution is -0.249. The number of rotatable bonds is 17. The first-order chi connectivity index (χ1) is 25.7. The number of aliphatic carboxylic acids is 2. The first-order valence-electron chi connectivity index (χ1n) is 22.3. The Morgan fingerprint density at radius 2 is 1.38 bits per heavy atom. The lowest BCUT2D eigenvalue weighted by Crippen LogP contribution is -2.67. The monoisotopic (exact) mass is 768 g/mol. The third-order valence-electron chi connectivity index (χ3n) is 17.5. The van der Waals surface area contributed by atoms with Crippen LogP contribution in [0.1, 0.15) is 184 Å². The third kappa shape index (κ3) is 8.05. The van der Waals surface area contributed by atoms with Crippen LogP contribution in [0.2, 0.25) is 0 Å². The van der Waals surface area contributed by atoms with E-state index in [0.29, 0.717) is 35.5 Å². The van der Waals surface area contributed by atoms with Crippen LogP contribution in [0.5, 0.6) is 0 Å². The average molecular weight is 768 g/mol. The molecular formula is C47H77NO7. The molecule has 0 radical (unpaired) electrons. The maximum Gasteiger partial charge on any atom is 0.309 e. The number of unbranched alkanes of at least 4 members (excludes halogenated alkanes) is 7. The van der Waals surface area contributed by atoms with Crippen molar-refractivity contribution < 1.29 is 34.1 Å². The van der Waals surface area contributed by atoms with Crippen molar-refractivity contribution in [1.82, 2.24) is 5.32 Å². The number of hydrogen-bond donors (Lipinski definition) is 3. The van der Waals surface area contributed by atoms with Crippen molar-refractivity contribution in [2.24, 2.45) is 62.1 Å². The van der Waals surface area contributed by atoms with E-state index in [1.165, 1.54) is 18.4 Å². The molecule has 8 nitrogen and oxygen atoms in total. The molecule has 3 N–H and O–H groups in total.